The van der Waals surface area contributed by atoms with Gasteiger partial charge >= 0.3 is 0 Å². The molecule has 0 aliphatic carbocycles. The second-order valence-corrected chi connectivity index (χ2v) is 8.58. The Hall–Kier alpha value is -0.760. The third-order valence-electron chi connectivity index (χ3n) is 3.31. The summed E-state index contributed by atoms with van der Waals surface area (Å²) in [6.07, 6.45) is 1.57. The Bertz CT molecular complexity index is 588. The van der Waals surface area contributed by atoms with E-state index in [0.29, 0.717) is 0 Å². The highest BCUT2D eigenvalue weighted by atomic mass is 32.2. The fourth-order valence-electron chi connectivity index (χ4n) is 1.80. The van der Waals surface area contributed by atoms with Crippen LogP contribution in [0.3, 0.4) is 0 Å². The molecule has 120 valence electrons. The summed E-state index contributed by atoms with van der Waals surface area (Å²) in [5.74, 6) is 0. The van der Waals surface area contributed by atoms with Crippen molar-refractivity contribution in [2.45, 2.75) is 37.0 Å². The van der Waals surface area contributed by atoms with Gasteiger partial charge in [-0.3, -0.25) is 4.21 Å². The third-order valence-corrected chi connectivity index (χ3v) is 6.03. The van der Waals surface area contributed by atoms with Crippen LogP contribution in [-0.4, -0.2) is 37.2 Å². The van der Waals surface area contributed by atoms with Gasteiger partial charge in [-0.05, 0) is 38.1 Å². The van der Waals surface area contributed by atoms with Crippen LogP contribution in [0.1, 0.15) is 32.4 Å². The summed E-state index contributed by atoms with van der Waals surface area (Å²) in [6.45, 7) is 6.73. The minimum atomic E-state index is -3.57. The van der Waals surface area contributed by atoms with Crippen LogP contribution in [0, 0.1) is 0 Å². The summed E-state index contributed by atoms with van der Waals surface area (Å²) in [7, 11) is -4.62. The predicted octanol–water partition coefficient (Wildman–Crippen LogP) is 1.40. The number of sulfonamides is 1. The minimum absolute atomic E-state index is 0.0900. The van der Waals surface area contributed by atoms with Gasteiger partial charge in [0, 0.05) is 34.9 Å². The van der Waals surface area contributed by atoms with Gasteiger partial charge in [0.15, 0.2) is 0 Å². The van der Waals surface area contributed by atoms with Gasteiger partial charge < -0.3 is 5.32 Å². The quantitative estimate of drug-likeness (QED) is 0.754. The molecule has 2 N–H and O–H groups in total. The molecule has 0 aliphatic rings. The molecule has 0 saturated heterocycles. The third kappa shape index (κ3) is 5.50. The highest BCUT2D eigenvalue weighted by Crippen LogP contribution is 2.17. The molecule has 0 radical (unpaired) electrons. The van der Waals surface area contributed by atoms with Crippen molar-refractivity contribution in [2.75, 3.05) is 19.3 Å². The molecule has 1 aromatic carbocycles. The van der Waals surface area contributed by atoms with Crippen molar-refractivity contribution in [3.8, 4) is 0 Å². The van der Waals surface area contributed by atoms with Crippen molar-refractivity contribution >= 4 is 20.8 Å². The predicted molar refractivity (Wildman–Crippen MR) is 87.3 cm³/mol. The van der Waals surface area contributed by atoms with Crippen LogP contribution < -0.4 is 10.0 Å². The lowest BCUT2D eigenvalue weighted by Gasteiger charge is -2.15. The summed E-state index contributed by atoms with van der Waals surface area (Å²) >= 11 is 0. The van der Waals surface area contributed by atoms with Crippen molar-refractivity contribution in [1.29, 1.82) is 0 Å². The van der Waals surface area contributed by atoms with E-state index in [1.54, 1.807) is 31.4 Å². The number of rotatable bonds is 8. The van der Waals surface area contributed by atoms with Gasteiger partial charge in [-0.15, -0.1) is 0 Å². The molecule has 0 fully saturated rings. The first-order valence-electron chi connectivity index (χ1n) is 6.93. The van der Waals surface area contributed by atoms with E-state index in [9.17, 15) is 12.6 Å². The summed E-state index contributed by atoms with van der Waals surface area (Å²) < 4.78 is 38.3. The van der Waals surface area contributed by atoms with E-state index in [1.165, 1.54) is 0 Å². The molecule has 0 amide bonds. The van der Waals surface area contributed by atoms with Gasteiger partial charge in [0.25, 0.3) is 0 Å². The zero-order chi connectivity index (χ0) is 16.0. The summed E-state index contributed by atoms with van der Waals surface area (Å²) in [5.41, 5.74) is 0.923. The van der Waals surface area contributed by atoms with E-state index in [0.717, 1.165) is 12.1 Å². The Balaban J connectivity index is 2.88. The van der Waals surface area contributed by atoms with Crippen LogP contribution in [0.15, 0.2) is 29.2 Å². The number of benzene rings is 1. The molecule has 0 aromatic heterocycles. The van der Waals surface area contributed by atoms with Crippen LogP contribution in [0.5, 0.6) is 0 Å². The molecule has 5 nitrogen and oxygen atoms in total. The highest BCUT2D eigenvalue weighted by Gasteiger charge is 2.17. The van der Waals surface area contributed by atoms with Gasteiger partial charge in [0.2, 0.25) is 10.0 Å². The first-order valence-corrected chi connectivity index (χ1v) is 10.0. The maximum absolute atomic E-state index is 12.3. The molecule has 0 spiro atoms. The van der Waals surface area contributed by atoms with E-state index in [-0.39, 0.29) is 22.7 Å². The van der Waals surface area contributed by atoms with Crippen LogP contribution in [0.4, 0.5) is 0 Å². The van der Waals surface area contributed by atoms with Gasteiger partial charge in [0.05, 0.1) is 4.90 Å². The standard InChI is InChI=1S/C14H24N2O3S2/c1-5-15-12(3)13-7-6-8-14(9-13)21(18,19)16-10-11(2)20(4)17/h6-9,11-12,15-16H,5,10H2,1-4H3. The molecule has 0 saturated carbocycles. The van der Waals surface area contributed by atoms with E-state index < -0.39 is 20.8 Å². The molecule has 7 heteroatoms. The Kier molecular flexibility index (Phi) is 6.99. The zero-order valence-electron chi connectivity index (χ0n) is 12.9. The SMILES string of the molecule is CCNC(C)c1cccc(S(=O)(=O)NCC(C)S(C)=O)c1. The molecule has 0 bridgehead atoms. The summed E-state index contributed by atoms with van der Waals surface area (Å²) in [4.78, 5) is 0.235. The molecule has 3 atom stereocenters. The smallest absolute Gasteiger partial charge is 0.240 e. The van der Waals surface area contributed by atoms with Crippen LogP contribution in [0.25, 0.3) is 0 Å². The van der Waals surface area contributed by atoms with E-state index in [4.69, 9.17) is 0 Å². The van der Waals surface area contributed by atoms with Gasteiger partial charge in [-0.25, -0.2) is 13.1 Å². The monoisotopic (exact) mass is 332 g/mol. The molecule has 0 heterocycles. The average molecular weight is 332 g/mol. The van der Waals surface area contributed by atoms with Crippen molar-refractivity contribution in [3.05, 3.63) is 29.8 Å². The molecular weight excluding hydrogens is 308 g/mol. The Morgan fingerprint density at radius 2 is 1.95 bits per heavy atom. The van der Waals surface area contributed by atoms with Crippen molar-refractivity contribution in [3.63, 3.8) is 0 Å². The molecule has 1 aromatic rings. The second kappa shape index (κ2) is 8.03. The molecular formula is C14H24N2O3S2. The van der Waals surface area contributed by atoms with Crippen molar-refractivity contribution in [1.82, 2.24) is 10.0 Å². The lowest BCUT2D eigenvalue weighted by atomic mass is 10.1. The van der Waals surface area contributed by atoms with E-state index >= 15 is 0 Å². The average Bonchev–Trinajstić information content (AvgIpc) is 2.45. The van der Waals surface area contributed by atoms with Gasteiger partial charge in [-0.2, -0.15) is 0 Å². The van der Waals surface area contributed by atoms with Crippen LogP contribution in [-0.2, 0) is 20.8 Å². The Morgan fingerprint density at radius 3 is 2.52 bits per heavy atom. The Labute approximate surface area is 130 Å². The number of hydrogen-bond acceptors (Lipinski definition) is 4. The summed E-state index contributed by atoms with van der Waals surface area (Å²) in [6, 6.07) is 6.96. The van der Waals surface area contributed by atoms with Crippen molar-refractivity contribution in [2.24, 2.45) is 0 Å². The van der Waals surface area contributed by atoms with Gasteiger partial charge in [-0.1, -0.05) is 19.1 Å². The largest absolute Gasteiger partial charge is 0.310 e. The van der Waals surface area contributed by atoms with E-state index in [1.807, 2.05) is 19.9 Å². The zero-order valence-corrected chi connectivity index (χ0v) is 14.6. The Morgan fingerprint density at radius 1 is 1.29 bits per heavy atom. The topological polar surface area (TPSA) is 75.3 Å². The highest BCUT2D eigenvalue weighted by molar-refractivity contribution is 7.89. The second-order valence-electron chi connectivity index (χ2n) is 5.01. The lowest BCUT2D eigenvalue weighted by molar-refractivity contribution is 0.578. The van der Waals surface area contributed by atoms with E-state index in [2.05, 4.69) is 10.0 Å². The lowest BCUT2D eigenvalue weighted by Crippen LogP contribution is -2.32. The van der Waals surface area contributed by atoms with Crippen LogP contribution in [0.2, 0.25) is 0 Å². The van der Waals surface area contributed by atoms with Crippen LogP contribution >= 0.6 is 0 Å². The number of nitrogens with one attached hydrogen (secondary N) is 2. The van der Waals surface area contributed by atoms with Crippen molar-refractivity contribution < 1.29 is 12.6 Å². The molecule has 21 heavy (non-hydrogen) atoms. The normalized spacial score (nSPS) is 16.4. The minimum Gasteiger partial charge on any atom is -0.310 e. The fraction of sp³-hybridized carbons (Fsp3) is 0.571. The summed E-state index contributed by atoms with van der Waals surface area (Å²) in [5, 5.41) is 3.03. The molecule has 1 rings (SSSR count). The fourth-order valence-corrected chi connectivity index (χ4v) is 3.41. The molecule has 3 unspecified atom stereocenters. The molecule has 0 aliphatic heterocycles. The first kappa shape index (κ1) is 18.3. The maximum Gasteiger partial charge on any atom is 0.240 e. The van der Waals surface area contributed by atoms with Gasteiger partial charge in [0.1, 0.15) is 0 Å². The maximum atomic E-state index is 12.3. The first-order chi connectivity index (χ1) is 9.77. The number of hydrogen-bond donors (Lipinski definition) is 2.